The fourth-order valence-electron chi connectivity index (χ4n) is 1.54. The third kappa shape index (κ3) is 3.58. The van der Waals surface area contributed by atoms with E-state index < -0.39 is 29.8 Å². The standard InChI is InChI=1S/C11H10BrClF5N/c1-2-19-9(11(17,18)10(15)16)5-3-7(13)6(12)4-8(5)14/h3-4,9-10,19H,2H2,1H3. The molecule has 0 amide bonds. The van der Waals surface area contributed by atoms with Gasteiger partial charge in [0.1, 0.15) is 11.9 Å². The summed E-state index contributed by atoms with van der Waals surface area (Å²) in [5.41, 5.74) is -0.597. The van der Waals surface area contributed by atoms with Crippen molar-refractivity contribution >= 4 is 27.5 Å². The number of hydrogen-bond donors (Lipinski definition) is 1. The lowest BCUT2D eigenvalue weighted by atomic mass is 10.00. The molecule has 108 valence electrons. The van der Waals surface area contributed by atoms with Crippen LogP contribution >= 0.6 is 27.5 Å². The minimum absolute atomic E-state index is 0.0277. The van der Waals surface area contributed by atoms with Crippen molar-refractivity contribution in [2.24, 2.45) is 0 Å². The smallest absolute Gasteiger partial charge is 0.305 e. The number of halogens is 7. The molecule has 1 unspecified atom stereocenters. The molecule has 0 bridgehead atoms. The van der Waals surface area contributed by atoms with E-state index in [2.05, 4.69) is 21.2 Å². The Morgan fingerprint density at radius 3 is 2.42 bits per heavy atom. The average molecular weight is 367 g/mol. The Morgan fingerprint density at radius 1 is 1.37 bits per heavy atom. The molecule has 1 rings (SSSR count). The van der Waals surface area contributed by atoms with Crippen LogP contribution in [0.25, 0.3) is 0 Å². The summed E-state index contributed by atoms with van der Waals surface area (Å²) < 4.78 is 65.6. The summed E-state index contributed by atoms with van der Waals surface area (Å²) in [6, 6.07) is -0.378. The molecule has 0 fully saturated rings. The quantitative estimate of drug-likeness (QED) is 0.583. The van der Waals surface area contributed by atoms with Crippen molar-refractivity contribution in [1.82, 2.24) is 5.32 Å². The van der Waals surface area contributed by atoms with Crippen LogP contribution < -0.4 is 5.32 Å². The Labute approximate surface area is 120 Å². The van der Waals surface area contributed by atoms with Gasteiger partial charge in [-0.25, -0.2) is 13.2 Å². The molecule has 1 atom stereocenters. The van der Waals surface area contributed by atoms with Crippen LogP contribution in [0.2, 0.25) is 5.02 Å². The van der Waals surface area contributed by atoms with Crippen LogP contribution in [0.3, 0.4) is 0 Å². The molecule has 0 aliphatic carbocycles. The van der Waals surface area contributed by atoms with Crippen molar-refractivity contribution in [3.63, 3.8) is 0 Å². The molecule has 0 aliphatic heterocycles. The minimum atomic E-state index is -4.41. The lowest BCUT2D eigenvalue weighted by Crippen LogP contribution is -2.43. The Kier molecular flexibility index (Phi) is 5.58. The SMILES string of the molecule is CCNC(c1cc(Cl)c(Br)cc1F)C(F)(F)C(F)F. The summed E-state index contributed by atoms with van der Waals surface area (Å²) in [5.74, 6) is -5.45. The Balaban J connectivity index is 3.31. The van der Waals surface area contributed by atoms with Crippen LogP contribution in [-0.4, -0.2) is 18.9 Å². The zero-order valence-electron chi connectivity index (χ0n) is 9.66. The Hall–Kier alpha value is -0.400. The van der Waals surface area contributed by atoms with Crippen LogP contribution in [0.5, 0.6) is 0 Å². The average Bonchev–Trinajstić information content (AvgIpc) is 2.31. The van der Waals surface area contributed by atoms with Crippen LogP contribution in [0.4, 0.5) is 22.0 Å². The molecule has 0 radical (unpaired) electrons. The minimum Gasteiger partial charge on any atom is -0.305 e. The van der Waals surface area contributed by atoms with Crippen molar-refractivity contribution in [2.75, 3.05) is 6.54 Å². The maximum absolute atomic E-state index is 13.7. The number of nitrogens with one attached hydrogen (secondary N) is 1. The molecule has 1 aromatic rings. The highest BCUT2D eigenvalue weighted by Gasteiger charge is 2.50. The van der Waals surface area contributed by atoms with Crippen LogP contribution in [0, 0.1) is 5.82 Å². The van der Waals surface area contributed by atoms with E-state index in [4.69, 9.17) is 11.6 Å². The van der Waals surface area contributed by atoms with Gasteiger partial charge in [0, 0.05) is 10.0 Å². The zero-order chi connectivity index (χ0) is 14.8. The van der Waals surface area contributed by atoms with Crippen LogP contribution in [0.1, 0.15) is 18.5 Å². The molecule has 8 heteroatoms. The van der Waals surface area contributed by atoms with Gasteiger partial charge < -0.3 is 5.32 Å². The van der Waals surface area contributed by atoms with Gasteiger partial charge in [-0.2, -0.15) is 8.78 Å². The number of alkyl halides is 4. The van der Waals surface area contributed by atoms with E-state index in [1.807, 2.05) is 0 Å². The van der Waals surface area contributed by atoms with E-state index in [1.54, 1.807) is 0 Å². The zero-order valence-corrected chi connectivity index (χ0v) is 12.0. The predicted octanol–water partition coefficient (Wildman–Crippen LogP) is 4.79. The third-order valence-corrected chi connectivity index (χ3v) is 3.63. The third-order valence-electron chi connectivity index (χ3n) is 2.43. The highest BCUT2D eigenvalue weighted by Crippen LogP contribution is 2.39. The highest BCUT2D eigenvalue weighted by molar-refractivity contribution is 9.10. The van der Waals surface area contributed by atoms with E-state index in [9.17, 15) is 22.0 Å². The maximum atomic E-state index is 13.7. The summed E-state index contributed by atoms with van der Waals surface area (Å²) in [6.07, 6.45) is -3.92. The molecule has 0 aliphatic rings. The van der Waals surface area contributed by atoms with Crippen LogP contribution in [0.15, 0.2) is 16.6 Å². The first-order chi connectivity index (χ1) is 8.71. The van der Waals surface area contributed by atoms with Gasteiger partial charge in [0.15, 0.2) is 0 Å². The second kappa shape index (κ2) is 6.37. The molecule has 0 heterocycles. The summed E-state index contributed by atoms with van der Waals surface area (Å²) in [7, 11) is 0. The second-order valence-electron chi connectivity index (χ2n) is 3.75. The van der Waals surface area contributed by atoms with Crippen molar-refractivity contribution < 1.29 is 22.0 Å². The maximum Gasteiger partial charge on any atom is 0.326 e. The number of hydrogen-bond acceptors (Lipinski definition) is 1. The molecule has 1 N–H and O–H groups in total. The molecular formula is C11H10BrClF5N. The fourth-order valence-corrected chi connectivity index (χ4v) is 2.03. The van der Waals surface area contributed by atoms with Gasteiger partial charge in [-0.05, 0) is 34.6 Å². The number of benzene rings is 1. The Bertz CT molecular complexity index is 455. The van der Waals surface area contributed by atoms with Crippen molar-refractivity contribution in [3.05, 3.63) is 33.0 Å². The van der Waals surface area contributed by atoms with Gasteiger partial charge in [-0.1, -0.05) is 18.5 Å². The van der Waals surface area contributed by atoms with Gasteiger partial charge in [0.25, 0.3) is 0 Å². The predicted molar refractivity (Wildman–Crippen MR) is 66.5 cm³/mol. The monoisotopic (exact) mass is 365 g/mol. The fraction of sp³-hybridized carbons (Fsp3) is 0.455. The van der Waals surface area contributed by atoms with E-state index in [1.165, 1.54) is 6.92 Å². The van der Waals surface area contributed by atoms with Gasteiger partial charge in [-0.15, -0.1) is 0 Å². The largest absolute Gasteiger partial charge is 0.326 e. The summed E-state index contributed by atoms with van der Waals surface area (Å²) in [5, 5.41) is 2.13. The van der Waals surface area contributed by atoms with Crippen molar-refractivity contribution in [3.8, 4) is 0 Å². The van der Waals surface area contributed by atoms with Gasteiger partial charge >= 0.3 is 12.3 Å². The molecule has 19 heavy (non-hydrogen) atoms. The lowest BCUT2D eigenvalue weighted by Gasteiger charge is -2.27. The first-order valence-corrected chi connectivity index (χ1v) is 6.42. The van der Waals surface area contributed by atoms with Crippen molar-refractivity contribution in [1.29, 1.82) is 0 Å². The first-order valence-electron chi connectivity index (χ1n) is 5.25. The summed E-state index contributed by atoms with van der Waals surface area (Å²) >= 11 is 8.61. The van der Waals surface area contributed by atoms with E-state index in [0.717, 1.165) is 12.1 Å². The van der Waals surface area contributed by atoms with Gasteiger partial charge in [-0.3, -0.25) is 0 Å². The second-order valence-corrected chi connectivity index (χ2v) is 5.02. The molecule has 0 saturated carbocycles. The van der Waals surface area contributed by atoms with E-state index >= 15 is 0 Å². The molecule has 0 aromatic heterocycles. The molecular weight excluding hydrogens is 356 g/mol. The van der Waals surface area contributed by atoms with Crippen molar-refractivity contribution in [2.45, 2.75) is 25.3 Å². The molecule has 1 nitrogen and oxygen atoms in total. The van der Waals surface area contributed by atoms with Gasteiger partial charge in [0.05, 0.1) is 5.02 Å². The first kappa shape index (κ1) is 16.7. The van der Waals surface area contributed by atoms with E-state index in [0.29, 0.717) is 0 Å². The summed E-state index contributed by atoms with van der Waals surface area (Å²) in [6.45, 7) is 1.42. The summed E-state index contributed by atoms with van der Waals surface area (Å²) in [4.78, 5) is 0. The highest BCUT2D eigenvalue weighted by atomic mass is 79.9. The van der Waals surface area contributed by atoms with Crippen LogP contribution in [-0.2, 0) is 0 Å². The van der Waals surface area contributed by atoms with E-state index in [-0.39, 0.29) is 16.0 Å². The Morgan fingerprint density at radius 2 is 1.95 bits per heavy atom. The molecule has 0 saturated heterocycles. The topological polar surface area (TPSA) is 12.0 Å². The normalized spacial score (nSPS) is 13.9. The molecule has 1 aromatic carbocycles. The molecule has 0 spiro atoms. The number of rotatable bonds is 5. The van der Waals surface area contributed by atoms with Gasteiger partial charge in [0.2, 0.25) is 0 Å². The lowest BCUT2D eigenvalue weighted by molar-refractivity contribution is -0.151.